The molecule has 1 aliphatic rings. The standard InChI is InChI=1S/C20H23ClFN3O2/c1-13-8-17(19(27-2)10-16(13)21)24-20(26)12-25-7-6-23-11-18(25)14-4-3-5-15(22)9-14/h3-5,8-10,18,23H,6-7,11-12H2,1-2H3,(H,24,26). The molecule has 1 amide bonds. The van der Waals surface area contributed by atoms with Crippen LogP contribution in [0, 0.1) is 12.7 Å². The van der Waals surface area contributed by atoms with Gasteiger partial charge in [0.2, 0.25) is 5.91 Å². The minimum atomic E-state index is -0.274. The van der Waals surface area contributed by atoms with Crippen molar-refractivity contribution in [1.82, 2.24) is 10.2 Å². The summed E-state index contributed by atoms with van der Waals surface area (Å²) in [6.45, 7) is 4.22. The van der Waals surface area contributed by atoms with Gasteiger partial charge in [-0.3, -0.25) is 9.69 Å². The highest BCUT2D eigenvalue weighted by Crippen LogP contribution is 2.31. The fourth-order valence-electron chi connectivity index (χ4n) is 3.28. The molecule has 7 heteroatoms. The van der Waals surface area contributed by atoms with Gasteiger partial charge in [0.1, 0.15) is 11.6 Å². The average Bonchev–Trinajstić information content (AvgIpc) is 2.65. The molecule has 0 bridgehead atoms. The van der Waals surface area contributed by atoms with Crippen LogP contribution in [0.5, 0.6) is 5.75 Å². The van der Waals surface area contributed by atoms with Crippen molar-refractivity contribution in [3.05, 3.63) is 58.4 Å². The Bertz CT molecular complexity index is 831. The predicted octanol–water partition coefficient (Wildman–Crippen LogP) is 3.38. The molecule has 1 atom stereocenters. The van der Waals surface area contributed by atoms with E-state index in [0.717, 1.165) is 17.7 Å². The predicted molar refractivity (Wildman–Crippen MR) is 105 cm³/mol. The van der Waals surface area contributed by atoms with Crippen LogP contribution in [-0.4, -0.2) is 44.1 Å². The second-order valence-electron chi connectivity index (χ2n) is 6.60. The third-order valence-corrected chi connectivity index (χ3v) is 5.10. The lowest BCUT2D eigenvalue weighted by molar-refractivity contribution is -0.118. The largest absolute Gasteiger partial charge is 0.495 e. The van der Waals surface area contributed by atoms with E-state index in [0.29, 0.717) is 29.5 Å². The van der Waals surface area contributed by atoms with E-state index in [1.54, 1.807) is 18.2 Å². The van der Waals surface area contributed by atoms with Gasteiger partial charge >= 0.3 is 0 Å². The van der Waals surface area contributed by atoms with Crippen LogP contribution in [0.4, 0.5) is 10.1 Å². The third-order valence-electron chi connectivity index (χ3n) is 4.69. The highest BCUT2D eigenvalue weighted by molar-refractivity contribution is 6.31. The van der Waals surface area contributed by atoms with Crippen LogP contribution in [0.25, 0.3) is 0 Å². The van der Waals surface area contributed by atoms with Gasteiger partial charge in [0, 0.05) is 36.8 Å². The summed E-state index contributed by atoms with van der Waals surface area (Å²) in [7, 11) is 1.53. The summed E-state index contributed by atoms with van der Waals surface area (Å²) in [4.78, 5) is 14.7. The number of nitrogens with zero attached hydrogens (tertiary/aromatic N) is 1. The molecule has 0 spiro atoms. The summed E-state index contributed by atoms with van der Waals surface area (Å²) in [6.07, 6.45) is 0. The lowest BCUT2D eigenvalue weighted by Crippen LogP contribution is -2.48. The average molecular weight is 392 g/mol. The zero-order valence-electron chi connectivity index (χ0n) is 15.4. The molecule has 0 aromatic heterocycles. The van der Waals surface area contributed by atoms with Gasteiger partial charge in [0.05, 0.1) is 19.3 Å². The molecule has 3 rings (SSSR count). The second-order valence-corrected chi connectivity index (χ2v) is 7.00. The molecular formula is C20H23ClFN3O2. The Morgan fingerprint density at radius 1 is 1.41 bits per heavy atom. The maximum absolute atomic E-state index is 13.6. The normalized spacial score (nSPS) is 17.6. The van der Waals surface area contributed by atoms with Gasteiger partial charge in [-0.05, 0) is 36.2 Å². The van der Waals surface area contributed by atoms with Crippen LogP contribution in [0.3, 0.4) is 0 Å². The Kier molecular flexibility index (Phi) is 6.31. The minimum absolute atomic E-state index is 0.0611. The summed E-state index contributed by atoms with van der Waals surface area (Å²) in [5.41, 5.74) is 2.30. The molecule has 27 heavy (non-hydrogen) atoms. The molecule has 2 N–H and O–H groups in total. The fraction of sp³-hybridized carbons (Fsp3) is 0.350. The number of benzene rings is 2. The van der Waals surface area contributed by atoms with Crippen molar-refractivity contribution < 1.29 is 13.9 Å². The number of nitrogens with one attached hydrogen (secondary N) is 2. The number of hydrogen-bond acceptors (Lipinski definition) is 4. The van der Waals surface area contributed by atoms with Gasteiger partial charge < -0.3 is 15.4 Å². The highest BCUT2D eigenvalue weighted by atomic mass is 35.5. The Morgan fingerprint density at radius 2 is 2.22 bits per heavy atom. The van der Waals surface area contributed by atoms with Crippen molar-refractivity contribution in [3.8, 4) is 5.75 Å². The van der Waals surface area contributed by atoms with Gasteiger partial charge in [-0.2, -0.15) is 0 Å². The van der Waals surface area contributed by atoms with Crippen LogP contribution in [0.2, 0.25) is 5.02 Å². The van der Waals surface area contributed by atoms with E-state index in [-0.39, 0.29) is 24.3 Å². The smallest absolute Gasteiger partial charge is 0.238 e. The molecule has 1 fully saturated rings. The molecule has 1 heterocycles. The van der Waals surface area contributed by atoms with E-state index in [9.17, 15) is 9.18 Å². The number of hydrogen-bond donors (Lipinski definition) is 2. The van der Waals surface area contributed by atoms with E-state index in [2.05, 4.69) is 15.5 Å². The Morgan fingerprint density at radius 3 is 2.96 bits per heavy atom. The quantitative estimate of drug-likeness (QED) is 0.820. The van der Waals surface area contributed by atoms with Gasteiger partial charge in [-0.1, -0.05) is 23.7 Å². The lowest BCUT2D eigenvalue weighted by Gasteiger charge is -2.36. The van der Waals surface area contributed by atoms with Crippen molar-refractivity contribution in [1.29, 1.82) is 0 Å². The first-order valence-electron chi connectivity index (χ1n) is 8.82. The number of anilines is 1. The number of aryl methyl sites for hydroxylation is 1. The molecule has 5 nitrogen and oxygen atoms in total. The fourth-order valence-corrected chi connectivity index (χ4v) is 3.44. The van der Waals surface area contributed by atoms with Crippen LogP contribution < -0.4 is 15.4 Å². The number of methoxy groups -OCH3 is 1. The van der Waals surface area contributed by atoms with Gasteiger partial charge in [-0.15, -0.1) is 0 Å². The molecular weight excluding hydrogens is 369 g/mol. The number of piperazine rings is 1. The van der Waals surface area contributed by atoms with E-state index in [1.807, 2.05) is 13.0 Å². The minimum Gasteiger partial charge on any atom is -0.495 e. The molecule has 1 unspecified atom stereocenters. The van der Waals surface area contributed by atoms with Crippen LogP contribution in [-0.2, 0) is 4.79 Å². The molecule has 1 aliphatic heterocycles. The monoisotopic (exact) mass is 391 g/mol. The number of halogens is 2. The first-order valence-corrected chi connectivity index (χ1v) is 9.20. The van der Waals surface area contributed by atoms with Gasteiger partial charge in [0.15, 0.2) is 0 Å². The lowest BCUT2D eigenvalue weighted by atomic mass is 10.0. The molecule has 2 aromatic carbocycles. The van der Waals surface area contributed by atoms with Crippen molar-refractivity contribution >= 4 is 23.2 Å². The molecule has 0 saturated carbocycles. The van der Waals surface area contributed by atoms with Crippen LogP contribution in [0.15, 0.2) is 36.4 Å². The summed E-state index contributed by atoms with van der Waals surface area (Å²) in [6, 6.07) is 9.94. The molecule has 0 radical (unpaired) electrons. The summed E-state index contributed by atoms with van der Waals surface area (Å²) < 4.78 is 18.9. The zero-order chi connectivity index (χ0) is 19.4. The van der Waals surface area contributed by atoms with Gasteiger partial charge in [-0.25, -0.2) is 4.39 Å². The van der Waals surface area contributed by atoms with Crippen LogP contribution in [0.1, 0.15) is 17.2 Å². The second kappa shape index (κ2) is 8.69. The Hall–Kier alpha value is -2.15. The Labute approximate surface area is 163 Å². The molecule has 144 valence electrons. The number of ether oxygens (including phenoxy) is 1. The number of amides is 1. The number of carbonyl (C=O) groups is 1. The van der Waals surface area contributed by atoms with Crippen molar-refractivity contribution in [2.75, 3.05) is 38.6 Å². The first-order chi connectivity index (χ1) is 13.0. The summed E-state index contributed by atoms with van der Waals surface area (Å²) in [5, 5.41) is 6.79. The van der Waals surface area contributed by atoms with Gasteiger partial charge in [0.25, 0.3) is 0 Å². The topological polar surface area (TPSA) is 53.6 Å². The van der Waals surface area contributed by atoms with E-state index < -0.39 is 0 Å². The molecule has 1 saturated heterocycles. The summed E-state index contributed by atoms with van der Waals surface area (Å²) >= 11 is 6.12. The number of carbonyl (C=O) groups excluding carboxylic acids is 1. The van der Waals surface area contributed by atoms with E-state index in [4.69, 9.17) is 16.3 Å². The van der Waals surface area contributed by atoms with Crippen molar-refractivity contribution in [2.24, 2.45) is 0 Å². The Balaban J connectivity index is 1.73. The maximum Gasteiger partial charge on any atom is 0.238 e. The zero-order valence-corrected chi connectivity index (χ0v) is 16.1. The number of rotatable bonds is 5. The molecule has 0 aliphatic carbocycles. The molecule has 2 aromatic rings. The van der Waals surface area contributed by atoms with E-state index in [1.165, 1.54) is 19.2 Å². The SMILES string of the molecule is COc1cc(Cl)c(C)cc1NC(=O)CN1CCNCC1c1cccc(F)c1. The van der Waals surface area contributed by atoms with Crippen molar-refractivity contribution in [3.63, 3.8) is 0 Å². The highest BCUT2D eigenvalue weighted by Gasteiger charge is 2.26. The van der Waals surface area contributed by atoms with Crippen molar-refractivity contribution in [2.45, 2.75) is 13.0 Å². The third kappa shape index (κ3) is 4.77. The van der Waals surface area contributed by atoms with E-state index >= 15 is 0 Å². The van der Waals surface area contributed by atoms with Crippen LogP contribution >= 0.6 is 11.6 Å². The maximum atomic E-state index is 13.6. The first kappa shape index (κ1) is 19.6. The summed E-state index contributed by atoms with van der Waals surface area (Å²) in [5.74, 6) is 0.0862.